The van der Waals surface area contributed by atoms with E-state index in [4.69, 9.17) is 0 Å². The van der Waals surface area contributed by atoms with Crippen molar-refractivity contribution in [1.82, 2.24) is 5.32 Å². The van der Waals surface area contributed by atoms with Crippen LogP contribution in [0.15, 0.2) is 54.6 Å². The van der Waals surface area contributed by atoms with Gasteiger partial charge in [0.05, 0.1) is 0 Å². The summed E-state index contributed by atoms with van der Waals surface area (Å²) in [6.07, 6.45) is 2.54. The van der Waals surface area contributed by atoms with Crippen LogP contribution < -0.4 is 5.32 Å². The zero-order chi connectivity index (χ0) is 13.8. The third kappa shape index (κ3) is 2.94. The standard InChI is InChI=1S/C19H23N/c1-15-7-9-17(10-8-15)19(16-5-3-2-4-6-16)18-11-13-20-14-12-18/h2-10,18-20H,11-14H2,1H3/t19-/m0/s1. The van der Waals surface area contributed by atoms with Gasteiger partial charge in [0.1, 0.15) is 0 Å². The largest absolute Gasteiger partial charge is 0.317 e. The summed E-state index contributed by atoms with van der Waals surface area (Å²) in [5.74, 6) is 1.29. The minimum atomic E-state index is 0.541. The number of hydrogen-bond acceptors (Lipinski definition) is 1. The van der Waals surface area contributed by atoms with Crippen molar-refractivity contribution in [2.24, 2.45) is 5.92 Å². The molecule has 1 saturated heterocycles. The van der Waals surface area contributed by atoms with Gasteiger partial charge >= 0.3 is 0 Å². The van der Waals surface area contributed by atoms with Gasteiger partial charge in [-0.1, -0.05) is 60.2 Å². The van der Waals surface area contributed by atoms with Gasteiger partial charge < -0.3 is 5.32 Å². The first-order chi connectivity index (χ1) is 9.84. The predicted molar refractivity (Wildman–Crippen MR) is 85.1 cm³/mol. The van der Waals surface area contributed by atoms with Gasteiger partial charge in [-0.2, -0.15) is 0 Å². The van der Waals surface area contributed by atoms with E-state index in [1.165, 1.54) is 29.5 Å². The summed E-state index contributed by atoms with van der Waals surface area (Å²) in [6.45, 7) is 4.46. The summed E-state index contributed by atoms with van der Waals surface area (Å²) >= 11 is 0. The maximum Gasteiger partial charge on any atom is 0.0119 e. The predicted octanol–water partition coefficient (Wildman–Crippen LogP) is 4.13. The van der Waals surface area contributed by atoms with Crippen LogP contribution in [0.2, 0.25) is 0 Å². The van der Waals surface area contributed by atoms with E-state index >= 15 is 0 Å². The third-order valence-electron chi connectivity index (χ3n) is 4.45. The quantitative estimate of drug-likeness (QED) is 0.880. The van der Waals surface area contributed by atoms with Crippen LogP contribution >= 0.6 is 0 Å². The highest BCUT2D eigenvalue weighted by atomic mass is 14.9. The Morgan fingerprint density at radius 2 is 1.45 bits per heavy atom. The van der Waals surface area contributed by atoms with E-state index < -0.39 is 0 Å². The maximum atomic E-state index is 3.48. The molecule has 1 aliphatic rings. The number of nitrogens with one attached hydrogen (secondary N) is 1. The first kappa shape index (κ1) is 13.4. The van der Waals surface area contributed by atoms with Gasteiger partial charge in [0.25, 0.3) is 0 Å². The highest BCUT2D eigenvalue weighted by molar-refractivity contribution is 5.35. The molecule has 1 aliphatic heterocycles. The van der Waals surface area contributed by atoms with Gasteiger partial charge in [-0.15, -0.1) is 0 Å². The number of aryl methyl sites for hydroxylation is 1. The Hall–Kier alpha value is -1.60. The van der Waals surface area contributed by atoms with E-state index in [0.29, 0.717) is 5.92 Å². The Morgan fingerprint density at radius 1 is 0.850 bits per heavy atom. The van der Waals surface area contributed by atoms with E-state index in [0.717, 1.165) is 19.0 Å². The van der Waals surface area contributed by atoms with Crippen molar-refractivity contribution in [1.29, 1.82) is 0 Å². The van der Waals surface area contributed by atoms with Crippen molar-refractivity contribution in [3.63, 3.8) is 0 Å². The molecule has 0 radical (unpaired) electrons. The van der Waals surface area contributed by atoms with Gasteiger partial charge in [-0.3, -0.25) is 0 Å². The lowest BCUT2D eigenvalue weighted by Crippen LogP contribution is -2.31. The molecule has 1 N–H and O–H groups in total. The Balaban J connectivity index is 1.96. The second kappa shape index (κ2) is 6.23. The van der Waals surface area contributed by atoms with E-state index in [1.54, 1.807) is 0 Å². The molecular formula is C19H23N. The molecule has 1 fully saturated rings. The average Bonchev–Trinajstić information content (AvgIpc) is 2.52. The average molecular weight is 265 g/mol. The molecule has 2 aromatic carbocycles. The lowest BCUT2D eigenvalue weighted by atomic mass is 9.76. The van der Waals surface area contributed by atoms with Crippen LogP contribution in [-0.2, 0) is 0 Å². The maximum absolute atomic E-state index is 3.48. The van der Waals surface area contributed by atoms with Gasteiger partial charge in [0.15, 0.2) is 0 Å². The molecular weight excluding hydrogens is 242 g/mol. The Bertz CT molecular complexity index is 523. The highest BCUT2D eigenvalue weighted by Gasteiger charge is 2.26. The zero-order valence-corrected chi connectivity index (χ0v) is 12.2. The van der Waals surface area contributed by atoms with Crippen LogP contribution in [0.25, 0.3) is 0 Å². The molecule has 0 aromatic heterocycles. The van der Waals surface area contributed by atoms with Crippen LogP contribution in [0.1, 0.15) is 35.4 Å². The summed E-state index contributed by atoms with van der Waals surface area (Å²) in [7, 11) is 0. The van der Waals surface area contributed by atoms with Gasteiger partial charge in [0, 0.05) is 5.92 Å². The fourth-order valence-corrected chi connectivity index (χ4v) is 3.35. The summed E-state index contributed by atoms with van der Waals surface area (Å²) in [5.41, 5.74) is 4.27. The van der Waals surface area contributed by atoms with Crippen molar-refractivity contribution in [3.8, 4) is 0 Å². The number of rotatable bonds is 3. The van der Waals surface area contributed by atoms with E-state index in [-0.39, 0.29) is 0 Å². The first-order valence-electron chi connectivity index (χ1n) is 7.67. The molecule has 20 heavy (non-hydrogen) atoms. The Kier molecular flexibility index (Phi) is 4.17. The van der Waals surface area contributed by atoms with Crippen LogP contribution in [0.3, 0.4) is 0 Å². The lowest BCUT2D eigenvalue weighted by molar-refractivity contribution is 0.342. The SMILES string of the molecule is Cc1ccc([C@H](c2ccccc2)C2CCNCC2)cc1. The second-order valence-electron chi connectivity index (χ2n) is 5.89. The Labute approximate surface area is 122 Å². The smallest absolute Gasteiger partial charge is 0.0119 e. The molecule has 0 amide bonds. The normalized spacial score (nSPS) is 17.9. The molecule has 0 spiro atoms. The summed E-state index contributed by atoms with van der Waals surface area (Å²) in [4.78, 5) is 0. The van der Waals surface area contributed by atoms with E-state index in [2.05, 4.69) is 66.8 Å². The summed E-state index contributed by atoms with van der Waals surface area (Å²) < 4.78 is 0. The fraction of sp³-hybridized carbons (Fsp3) is 0.368. The zero-order valence-electron chi connectivity index (χ0n) is 12.2. The van der Waals surface area contributed by atoms with Crippen molar-refractivity contribution in [3.05, 3.63) is 71.3 Å². The molecule has 0 saturated carbocycles. The molecule has 0 unspecified atom stereocenters. The van der Waals surface area contributed by atoms with Crippen molar-refractivity contribution >= 4 is 0 Å². The van der Waals surface area contributed by atoms with Crippen LogP contribution in [0.5, 0.6) is 0 Å². The molecule has 3 rings (SSSR count). The first-order valence-corrected chi connectivity index (χ1v) is 7.67. The molecule has 0 bridgehead atoms. The topological polar surface area (TPSA) is 12.0 Å². The lowest BCUT2D eigenvalue weighted by Gasteiger charge is -2.31. The van der Waals surface area contributed by atoms with Gasteiger partial charge in [-0.05, 0) is 49.9 Å². The minimum Gasteiger partial charge on any atom is -0.317 e. The molecule has 2 aromatic rings. The van der Waals surface area contributed by atoms with Gasteiger partial charge in [0.2, 0.25) is 0 Å². The highest BCUT2D eigenvalue weighted by Crippen LogP contribution is 2.36. The summed E-state index contributed by atoms with van der Waals surface area (Å²) in [5, 5.41) is 3.48. The van der Waals surface area contributed by atoms with Crippen molar-refractivity contribution in [2.45, 2.75) is 25.7 Å². The van der Waals surface area contributed by atoms with E-state index in [9.17, 15) is 0 Å². The molecule has 0 aliphatic carbocycles. The number of hydrogen-bond donors (Lipinski definition) is 1. The van der Waals surface area contributed by atoms with Crippen molar-refractivity contribution < 1.29 is 0 Å². The number of benzene rings is 2. The molecule has 1 atom stereocenters. The third-order valence-corrected chi connectivity index (χ3v) is 4.45. The second-order valence-corrected chi connectivity index (χ2v) is 5.89. The molecule has 104 valence electrons. The Morgan fingerprint density at radius 3 is 2.10 bits per heavy atom. The number of piperidine rings is 1. The molecule has 1 nitrogen and oxygen atoms in total. The fourth-order valence-electron chi connectivity index (χ4n) is 3.35. The van der Waals surface area contributed by atoms with E-state index in [1.807, 2.05) is 0 Å². The van der Waals surface area contributed by atoms with Crippen LogP contribution in [-0.4, -0.2) is 13.1 Å². The van der Waals surface area contributed by atoms with Gasteiger partial charge in [-0.25, -0.2) is 0 Å². The minimum absolute atomic E-state index is 0.541. The van der Waals surface area contributed by atoms with Crippen molar-refractivity contribution in [2.75, 3.05) is 13.1 Å². The summed E-state index contributed by atoms with van der Waals surface area (Å²) in [6, 6.07) is 20.1. The van der Waals surface area contributed by atoms with Crippen LogP contribution in [0.4, 0.5) is 0 Å². The molecule has 1 heteroatoms. The molecule has 1 heterocycles. The monoisotopic (exact) mass is 265 g/mol. The van der Waals surface area contributed by atoms with Crippen LogP contribution in [0, 0.1) is 12.8 Å².